The number of carboxylic acid groups (broad SMARTS) is 1. The molecule has 2 amide bonds. The number of nitrogens with one attached hydrogen (secondary N) is 1. The zero-order valence-electron chi connectivity index (χ0n) is 10.8. The predicted molar refractivity (Wildman–Crippen MR) is 67.3 cm³/mol. The molecule has 20 heavy (non-hydrogen) atoms. The van der Waals surface area contributed by atoms with Gasteiger partial charge in [0.15, 0.2) is 0 Å². The third kappa shape index (κ3) is 2.71. The second-order valence-electron chi connectivity index (χ2n) is 4.72. The van der Waals surface area contributed by atoms with Gasteiger partial charge in [-0.3, -0.25) is 4.79 Å². The summed E-state index contributed by atoms with van der Waals surface area (Å²) in [6.07, 6.45) is 0.343. The van der Waals surface area contributed by atoms with Crippen LogP contribution in [-0.4, -0.2) is 34.6 Å². The molecular weight excluding hydrogens is 270 g/mol. The molecule has 7 heteroatoms. The summed E-state index contributed by atoms with van der Waals surface area (Å²) in [5, 5.41) is 11.2. The Labute approximate surface area is 114 Å². The fourth-order valence-electron chi connectivity index (χ4n) is 2.34. The Morgan fingerprint density at radius 3 is 2.70 bits per heavy atom. The van der Waals surface area contributed by atoms with Gasteiger partial charge in [-0.25, -0.2) is 13.6 Å². The summed E-state index contributed by atoms with van der Waals surface area (Å²) in [6.45, 7) is 1.88. The van der Waals surface area contributed by atoms with E-state index in [4.69, 9.17) is 5.11 Å². The van der Waals surface area contributed by atoms with Gasteiger partial charge in [0, 0.05) is 18.7 Å². The quantitative estimate of drug-likeness (QED) is 0.875. The lowest BCUT2D eigenvalue weighted by molar-refractivity contribution is -0.142. The van der Waals surface area contributed by atoms with Gasteiger partial charge in [-0.2, -0.15) is 0 Å². The number of amides is 2. The van der Waals surface area contributed by atoms with E-state index in [1.54, 1.807) is 6.92 Å². The minimum Gasteiger partial charge on any atom is -0.481 e. The van der Waals surface area contributed by atoms with E-state index < -0.39 is 35.6 Å². The normalized spacial score (nSPS) is 21.9. The molecule has 0 aromatic heterocycles. The average molecular weight is 284 g/mol. The molecule has 1 fully saturated rings. The fraction of sp³-hybridized carbons (Fsp3) is 0.385. The van der Waals surface area contributed by atoms with Crippen molar-refractivity contribution in [3.63, 3.8) is 0 Å². The number of carbonyl (C=O) groups is 2. The predicted octanol–water partition coefficient (Wildman–Crippen LogP) is 2.29. The Kier molecular flexibility index (Phi) is 3.87. The van der Waals surface area contributed by atoms with Gasteiger partial charge >= 0.3 is 12.0 Å². The van der Waals surface area contributed by atoms with E-state index in [2.05, 4.69) is 5.32 Å². The number of hydrogen-bond acceptors (Lipinski definition) is 2. The van der Waals surface area contributed by atoms with Crippen molar-refractivity contribution in [3.05, 3.63) is 29.8 Å². The number of carboxylic acids is 1. The molecule has 1 heterocycles. The van der Waals surface area contributed by atoms with Gasteiger partial charge in [-0.1, -0.05) is 0 Å². The zero-order valence-corrected chi connectivity index (χ0v) is 10.8. The summed E-state index contributed by atoms with van der Waals surface area (Å²) < 4.78 is 26.4. The lowest BCUT2D eigenvalue weighted by atomic mass is 10.0. The molecule has 108 valence electrons. The highest BCUT2D eigenvalue weighted by Crippen LogP contribution is 2.25. The van der Waals surface area contributed by atoms with Crippen molar-refractivity contribution in [1.29, 1.82) is 0 Å². The van der Waals surface area contributed by atoms with Gasteiger partial charge in [-0.05, 0) is 25.5 Å². The first-order valence-corrected chi connectivity index (χ1v) is 6.15. The number of anilines is 1. The molecule has 1 saturated heterocycles. The second kappa shape index (κ2) is 5.44. The number of halogens is 2. The molecule has 1 aromatic rings. The van der Waals surface area contributed by atoms with Crippen LogP contribution in [0.3, 0.4) is 0 Å². The third-order valence-electron chi connectivity index (χ3n) is 3.50. The van der Waals surface area contributed by atoms with Crippen LogP contribution in [0.1, 0.15) is 13.3 Å². The molecule has 0 radical (unpaired) electrons. The van der Waals surface area contributed by atoms with Gasteiger partial charge in [0.2, 0.25) is 0 Å². The van der Waals surface area contributed by atoms with Crippen LogP contribution in [0.25, 0.3) is 0 Å². The molecule has 1 aliphatic heterocycles. The highest BCUT2D eigenvalue weighted by Gasteiger charge is 2.38. The highest BCUT2D eigenvalue weighted by molar-refractivity contribution is 5.90. The van der Waals surface area contributed by atoms with E-state index in [1.807, 2.05) is 0 Å². The maximum absolute atomic E-state index is 13.4. The van der Waals surface area contributed by atoms with Crippen LogP contribution in [0.2, 0.25) is 0 Å². The molecule has 1 aliphatic rings. The number of carbonyl (C=O) groups excluding carboxylic acids is 1. The van der Waals surface area contributed by atoms with Crippen LogP contribution >= 0.6 is 0 Å². The van der Waals surface area contributed by atoms with E-state index in [1.165, 1.54) is 4.90 Å². The van der Waals surface area contributed by atoms with Crippen molar-refractivity contribution in [2.24, 2.45) is 5.92 Å². The van der Waals surface area contributed by atoms with E-state index in [-0.39, 0.29) is 12.2 Å². The van der Waals surface area contributed by atoms with Gasteiger partial charge in [-0.15, -0.1) is 0 Å². The van der Waals surface area contributed by atoms with Crippen LogP contribution < -0.4 is 5.32 Å². The van der Waals surface area contributed by atoms with Crippen molar-refractivity contribution in [2.75, 3.05) is 11.9 Å². The molecule has 2 rings (SSSR count). The SMILES string of the molecule is CC1C(C(=O)O)CCN1C(=O)Nc1cc(F)ccc1F. The number of hydrogen-bond donors (Lipinski definition) is 2. The third-order valence-corrected chi connectivity index (χ3v) is 3.50. The lowest BCUT2D eigenvalue weighted by Gasteiger charge is -2.23. The first kappa shape index (κ1) is 14.2. The molecule has 2 atom stereocenters. The van der Waals surface area contributed by atoms with Gasteiger partial charge < -0.3 is 15.3 Å². The number of rotatable bonds is 2. The fourth-order valence-corrected chi connectivity index (χ4v) is 2.34. The number of aliphatic carboxylic acids is 1. The second-order valence-corrected chi connectivity index (χ2v) is 4.72. The lowest BCUT2D eigenvalue weighted by Crippen LogP contribution is -2.40. The molecule has 2 N–H and O–H groups in total. The van der Waals surface area contributed by atoms with Crippen molar-refractivity contribution in [2.45, 2.75) is 19.4 Å². The summed E-state index contributed by atoms with van der Waals surface area (Å²) >= 11 is 0. The number of urea groups is 1. The first-order chi connectivity index (χ1) is 9.40. The van der Waals surface area contributed by atoms with Crippen LogP contribution in [-0.2, 0) is 4.79 Å². The van der Waals surface area contributed by atoms with Crippen LogP contribution in [0, 0.1) is 17.6 Å². The summed E-state index contributed by atoms with van der Waals surface area (Å²) in [5.41, 5.74) is -0.263. The van der Waals surface area contributed by atoms with Gasteiger partial charge in [0.1, 0.15) is 11.6 Å². The standard InChI is InChI=1S/C13H14F2N2O3/c1-7-9(12(18)19)4-5-17(7)13(20)16-11-6-8(14)2-3-10(11)15/h2-3,6-7,9H,4-5H2,1H3,(H,16,20)(H,18,19). The highest BCUT2D eigenvalue weighted by atomic mass is 19.1. The molecular formula is C13H14F2N2O3. The number of benzene rings is 1. The number of likely N-dealkylation sites (tertiary alicyclic amines) is 1. The van der Waals surface area contributed by atoms with Crippen LogP contribution in [0.15, 0.2) is 18.2 Å². The summed E-state index contributed by atoms with van der Waals surface area (Å²) in [7, 11) is 0. The van der Waals surface area contributed by atoms with Crippen molar-refractivity contribution < 1.29 is 23.5 Å². The van der Waals surface area contributed by atoms with Crippen molar-refractivity contribution >= 4 is 17.7 Å². The van der Waals surface area contributed by atoms with Gasteiger partial charge in [0.05, 0.1) is 11.6 Å². The molecule has 0 aliphatic carbocycles. The van der Waals surface area contributed by atoms with E-state index in [9.17, 15) is 18.4 Å². The van der Waals surface area contributed by atoms with Crippen molar-refractivity contribution in [3.8, 4) is 0 Å². The Bertz CT molecular complexity index is 550. The molecule has 2 unspecified atom stereocenters. The smallest absolute Gasteiger partial charge is 0.322 e. The summed E-state index contributed by atoms with van der Waals surface area (Å²) in [4.78, 5) is 24.3. The first-order valence-electron chi connectivity index (χ1n) is 6.15. The molecule has 1 aromatic carbocycles. The minimum absolute atomic E-state index is 0.263. The van der Waals surface area contributed by atoms with Crippen molar-refractivity contribution in [1.82, 2.24) is 4.90 Å². The van der Waals surface area contributed by atoms with Gasteiger partial charge in [0.25, 0.3) is 0 Å². The Balaban J connectivity index is 2.09. The maximum Gasteiger partial charge on any atom is 0.322 e. The largest absolute Gasteiger partial charge is 0.481 e. The Hall–Kier alpha value is -2.18. The van der Waals surface area contributed by atoms with Crippen LogP contribution in [0.5, 0.6) is 0 Å². The number of nitrogens with zero attached hydrogens (tertiary/aromatic N) is 1. The Morgan fingerprint density at radius 1 is 1.40 bits per heavy atom. The average Bonchev–Trinajstić information content (AvgIpc) is 2.76. The Morgan fingerprint density at radius 2 is 2.10 bits per heavy atom. The van der Waals surface area contributed by atoms with E-state index in [0.717, 1.165) is 18.2 Å². The minimum atomic E-state index is -0.968. The van der Waals surface area contributed by atoms with E-state index >= 15 is 0 Å². The zero-order chi connectivity index (χ0) is 14.9. The molecule has 5 nitrogen and oxygen atoms in total. The van der Waals surface area contributed by atoms with Crippen LogP contribution in [0.4, 0.5) is 19.3 Å². The topological polar surface area (TPSA) is 69.6 Å². The monoisotopic (exact) mass is 284 g/mol. The molecule has 0 bridgehead atoms. The van der Waals surface area contributed by atoms with E-state index in [0.29, 0.717) is 6.42 Å². The summed E-state index contributed by atoms with van der Waals surface area (Å²) in [5.74, 6) is -3.02. The summed E-state index contributed by atoms with van der Waals surface area (Å²) in [6, 6.07) is 1.61. The molecule has 0 spiro atoms. The maximum atomic E-state index is 13.4. The molecule has 0 saturated carbocycles.